The van der Waals surface area contributed by atoms with Gasteiger partial charge in [-0.25, -0.2) is 0 Å². The number of carbonyl (C=O) groups excluding carboxylic acids is 1. The Hall–Kier alpha value is -3.64. The summed E-state index contributed by atoms with van der Waals surface area (Å²) < 4.78 is 7.44. The molecule has 0 saturated heterocycles. The minimum Gasteiger partial charge on any atom is -0.487 e. The lowest BCUT2D eigenvalue weighted by Gasteiger charge is -2.08. The summed E-state index contributed by atoms with van der Waals surface area (Å²) in [6.45, 7) is 0.844. The summed E-state index contributed by atoms with van der Waals surface area (Å²) in [5, 5.41) is 7.80. The largest absolute Gasteiger partial charge is 0.487 e. The van der Waals surface area contributed by atoms with Crippen LogP contribution >= 0.6 is 11.6 Å². The Balaban J connectivity index is 1.38. The molecule has 0 aliphatic carbocycles. The molecule has 1 N–H and O–H groups in total. The number of hydrogen-bond donors (Lipinski definition) is 1. The van der Waals surface area contributed by atoms with Gasteiger partial charge in [-0.2, -0.15) is 5.10 Å². The van der Waals surface area contributed by atoms with Gasteiger partial charge in [-0.05, 0) is 35.9 Å². The number of nitrogens with zero attached hydrogens (tertiary/aromatic N) is 3. The Bertz CT molecular complexity index is 1140. The summed E-state index contributed by atoms with van der Waals surface area (Å²) in [6, 6.07) is 20.5. The van der Waals surface area contributed by atoms with E-state index in [0.29, 0.717) is 35.2 Å². The molecular weight excluding hydrogens is 400 g/mol. The highest BCUT2D eigenvalue weighted by atomic mass is 35.5. The number of benzene rings is 2. The van der Waals surface area contributed by atoms with Crippen molar-refractivity contribution in [2.75, 3.05) is 5.32 Å². The van der Waals surface area contributed by atoms with Gasteiger partial charge < -0.3 is 10.1 Å². The molecule has 4 aromatic rings. The topological polar surface area (TPSA) is 69.0 Å². The summed E-state index contributed by atoms with van der Waals surface area (Å²) in [5.41, 5.74) is 2.86. The monoisotopic (exact) mass is 418 g/mol. The molecule has 0 aliphatic heterocycles. The Morgan fingerprint density at radius 1 is 1.07 bits per heavy atom. The van der Waals surface area contributed by atoms with Crippen LogP contribution < -0.4 is 10.1 Å². The van der Waals surface area contributed by atoms with Crippen LogP contribution in [0.15, 0.2) is 85.3 Å². The van der Waals surface area contributed by atoms with Crippen molar-refractivity contribution in [3.05, 3.63) is 107 Å². The zero-order chi connectivity index (χ0) is 20.8. The van der Waals surface area contributed by atoms with Crippen molar-refractivity contribution < 1.29 is 9.53 Å². The number of anilines is 1. The predicted octanol–water partition coefficient (Wildman–Crippen LogP) is 4.81. The van der Waals surface area contributed by atoms with Crippen molar-refractivity contribution in [3.63, 3.8) is 0 Å². The molecule has 4 rings (SSSR count). The number of carbonyl (C=O) groups is 1. The number of halogens is 1. The predicted molar refractivity (Wildman–Crippen MR) is 116 cm³/mol. The maximum Gasteiger partial charge on any atom is 0.258 e. The summed E-state index contributed by atoms with van der Waals surface area (Å²) in [5.74, 6) is 0.398. The van der Waals surface area contributed by atoms with Crippen LogP contribution in [-0.2, 0) is 13.2 Å². The first-order valence-corrected chi connectivity index (χ1v) is 9.75. The highest BCUT2D eigenvalue weighted by Gasteiger charge is 2.11. The van der Waals surface area contributed by atoms with Gasteiger partial charge in [0.15, 0.2) is 0 Å². The Morgan fingerprint density at radius 2 is 1.93 bits per heavy atom. The van der Waals surface area contributed by atoms with Crippen molar-refractivity contribution in [1.29, 1.82) is 0 Å². The van der Waals surface area contributed by atoms with E-state index in [2.05, 4.69) is 15.4 Å². The third-order valence-electron chi connectivity index (χ3n) is 4.39. The molecule has 1 amide bonds. The molecular formula is C23H19ClN4O2. The standard InChI is InChI=1S/C23H19ClN4O2/c24-22-10-2-1-6-17(22)14-28-15-18(13-26-28)23(29)27-19-8-5-9-21(12-19)30-16-20-7-3-4-11-25-20/h1-13,15H,14,16H2,(H,27,29). The molecule has 0 spiro atoms. The number of amides is 1. The van der Waals surface area contributed by atoms with Crippen molar-refractivity contribution >= 4 is 23.2 Å². The van der Waals surface area contributed by atoms with Crippen molar-refractivity contribution in [1.82, 2.24) is 14.8 Å². The molecule has 0 fully saturated rings. The van der Waals surface area contributed by atoms with Crippen LogP contribution in [0.2, 0.25) is 5.02 Å². The van der Waals surface area contributed by atoms with Crippen LogP contribution in [0.3, 0.4) is 0 Å². The number of rotatable bonds is 7. The fourth-order valence-electron chi connectivity index (χ4n) is 2.88. The average molecular weight is 419 g/mol. The SMILES string of the molecule is O=C(Nc1cccc(OCc2ccccn2)c1)c1cnn(Cc2ccccc2Cl)c1. The van der Waals surface area contributed by atoms with Gasteiger partial charge in [0.25, 0.3) is 5.91 Å². The van der Waals surface area contributed by atoms with Gasteiger partial charge in [0.1, 0.15) is 12.4 Å². The van der Waals surface area contributed by atoms with E-state index in [1.807, 2.05) is 54.6 Å². The average Bonchev–Trinajstić information content (AvgIpc) is 3.24. The maximum absolute atomic E-state index is 12.6. The van der Waals surface area contributed by atoms with Crippen LogP contribution in [-0.4, -0.2) is 20.7 Å². The lowest BCUT2D eigenvalue weighted by atomic mass is 10.2. The van der Waals surface area contributed by atoms with Gasteiger partial charge in [0, 0.05) is 29.2 Å². The second kappa shape index (κ2) is 9.24. The van der Waals surface area contributed by atoms with E-state index in [1.54, 1.807) is 29.2 Å². The number of hydrogen-bond acceptors (Lipinski definition) is 4. The van der Waals surface area contributed by atoms with E-state index < -0.39 is 0 Å². The number of aromatic nitrogens is 3. The molecule has 150 valence electrons. The molecule has 0 saturated carbocycles. The molecule has 6 nitrogen and oxygen atoms in total. The maximum atomic E-state index is 12.6. The molecule has 0 radical (unpaired) electrons. The van der Waals surface area contributed by atoms with Crippen molar-refractivity contribution in [2.45, 2.75) is 13.2 Å². The Labute approximate surface area is 179 Å². The second-order valence-electron chi connectivity index (χ2n) is 6.61. The summed E-state index contributed by atoms with van der Waals surface area (Å²) in [6.07, 6.45) is 4.95. The van der Waals surface area contributed by atoms with Gasteiger partial charge in [-0.1, -0.05) is 41.9 Å². The fourth-order valence-corrected chi connectivity index (χ4v) is 3.07. The fraction of sp³-hybridized carbons (Fsp3) is 0.0870. The lowest BCUT2D eigenvalue weighted by Crippen LogP contribution is -2.11. The smallest absolute Gasteiger partial charge is 0.258 e. The Kier molecular flexibility index (Phi) is 6.06. The third kappa shape index (κ3) is 5.04. The highest BCUT2D eigenvalue weighted by Crippen LogP contribution is 2.20. The van der Waals surface area contributed by atoms with Gasteiger partial charge in [0.05, 0.1) is 24.0 Å². The van der Waals surface area contributed by atoms with E-state index in [0.717, 1.165) is 11.3 Å². The normalized spacial score (nSPS) is 10.6. The van der Waals surface area contributed by atoms with Crippen molar-refractivity contribution in [2.24, 2.45) is 0 Å². The summed E-state index contributed by atoms with van der Waals surface area (Å²) >= 11 is 6.19. The summed E-state index contributed by atoms with van der Waals surface area (Å²) in [7, 11) is 0. The molecule has 2 aromatic carbocycles. The first kappa shape index (κ1) is 19.7. The quantitative estimate of drug-likeness (QED) is 0.467. The molecule has 2 heterocycles. The third-order valence-corrected chi connectivity index (χ3v) is 4.76. The van der Waals surface area contributed by atoms with Crippen LogP contribution in [0, 0.1) is 0 Å². The minimum atomic E-state index is -0.248. The molecule has 30 heavy (non-hydrogen) atoms. The number of ether oxygens (including phenoxy) is 1. The van der Waals surface area contributed by atoms with E-state index in [-0.39, 0.29) is 5.91 Å². The van der Waals surface area contributed by atoms with Crippen LogP contribution in [0.4, 0.5) is 5.69 Å². The highest BCUT2D eigenvalue weighted by molar-refractivity contribution is 6.31. The zero-order valence-corrected chi connectivity index (χ0v) is 16.8. The second-order valence-corrected chi connectivity index (χ2v) is 7.02. The molecule has 0 aliphatic rings. The van der Waals surface area contributed by atoms with Gasteiger partial charge in [0.2, 0.25) is 0 Å². The first-order chi connectivity index (χ1) is 14.7. The van der Waals surface area contributed by atoms with Crippen molar-refractivity contribution in [3.8, 4) is 5.75 Å². The van der Waals surface area contributed by atoms with Gasteiger partial charge in [-0.3, -0.25) is 14.5 Å². The molecule has 0 atom stereocenters. The molecule has 0 bridgehead atoms. The van der Waals surface area contributed by atoms with Crippen LogP contribution in [0.5, 0.6) is 5.75 Å². The Morgan fingerprint density at radius 3 is 2.77 bits per heavy atom. The van der Waals surface area contributed by atoms with E-state index in [4.69, 9.17) is 16.3 Å². The van der Waals surface area contributed by atoms with E-state index >= 15 is 0 Å². The minimum absolute atomic E-state index is 0.248. The van der Waals surface area contributed by atoms with E-state index in [9.17, 15) is 4.79 Å². The van der Waals surface area contributed by atoms with E-state index in [1.165, 1.54) is 6.20 Å². The van der Waals surface area contributed by atoms with Crippen LogP contribution in [0.25, 0.3) is 0 Å². The van der Waals surface area contributed by atoms with Gasteiger partial charge in [-0.15, -0.1) is 0 Å². The summed E-state index contributed by atoms with van der Waals surface area (Å²) in [4.78, 5) is 16.8. The molecule has 0 unspecified atom stereocenters. The lowest BCUT2D eigenvalue weighted by molar-refractivity contribution is 0.102. The van der Waals surface area contributed by atoms with Crippen LogP contribution in [0.1, 0.15) is 21.6 Å². The zero-order valence-electron chi connectivity index (χ0n) is 16.0. The first-order valence-electron chi connectivity index (χ1n) is 9.37. The van der Waals surface area contributed by atoms with Gasteiger partial charge >= 0.3 is 0 Å². The molecule has 7 heteroatoms. The number of nitrogens with one attached hydrogen (secondary N) is 1. The number of pyridine rings is 1. The molecule has 2 aromatic heterocycles.